The summed E-state index contributed by atoms with van der Waals surface area (Å²) in [5.41, 5.74) is 0.148. The Bertz CT molecular complexity index is 130. The minimum atomic E-state index is -0.213. The van der Waals surface area contributed by atoms with Crippen LogP contribution in [0.5, 0.6) is 0 Å². The van der Waals surface area contributed by atoms with Crippen LogP contribution in [0.3, 0.4) is 0 Å². The zero-order valence-corrected chi connectivity index (χ0v) is 7.62. The van der Waals surface area contributed by atoms with E-state index >= 15 is 0 Å². The zero-order valence-electron chi connectivity index (χ0n) is 7.62. The topological polar surface area (TPSA) is 49.7 Å². The van der Waals surface area contributed by atoms with Gasteiger partial charge in [-0.3, -0.25) is 0 Å². The predicted octanol–water partition coefficient (Wildman–Crippen LogP) is 0.546. The molecule has 1 saturated carbocycles. The summed E-state index contributed by atoms with van der Waals surface area (Å²) in [7, 11) is 0. The summed E-state index contributed by atoms with van der Waals surface area (Å²) in [4.78, 5) is 0. The van der Waals surface area contributed by atoms with Crippen LogP contribution in [0.25, 0.3) is 0 Å². The fraction of sp³-hybridized carbons (Fsp3) is 1.00. The number of rotatable bonds is 6. The van der Waals surface area contributed by atoms with E-state index in [0.29, 0.717) is 13.2 Å². The molecule has 0 radical (unpaired) electrons. The van der Waals surface area contributed by atoms with Crippen molar-refractivity contribution in [3.63, 3.8) is 0 Å². The van der Waals surface area contributed by atoms with E-state index < -0.39 is 0 Å². The van der Waals surface area contributed by atoms with Crippen molar-refractivity contribution in [2.75, 3.05) is 19.8 Å². The molecular formula is C9H18O3. The van der Waals surface area contributed by atoms with E-state index in [9.17, 15) is 5.11 Å². The number of hydrogen-bond acceptors (Lipinski definition) is 3. The molecule has 0 aromatic rings. The Morgan fingerprint density at radius 3 is 2.50 bits per heavy atom. The van der Waals surface area contributed by atoms with Crippen LogP contribution >= 0.6 is 0 Å². The third kappa shape index (κ3) is 2.44. The van der Waals surface area contributed by atoms with Crippen LogP contribution in [0, 0.1) is 5.41 Å². The summed E-state index contributed by atoms with van der Waals surface area (Å²) in [6, 6.07) is 0. The summed E-state index contributed by atoms with van der Waals surface area (Å²) < 4.78 is 5.15. The van der Waals surface area contributed by atoms with Gasteiger partial charge in [0.25, 0.3) is 0 Å². The minimum absolute atomic E-state index is 0.0850. The second-order valence-corrected chi connectivity index (χ2v) is 3.62. The molecule has 0 heterocycles. The van der Waals surface area contributed by atoms with Crippen LogP contribution in [0.2, 0.25) is 0 Å². The normalized spacial score (nSPS) is 22.2. The number of hydrogen-bond donors (Lipinski definition) is 2. The molecule has 2 N–H and O–H groups in total. The summed E-state index contributed by atoms with van der Waals surface area (Å²) in [6.07, 6.45) is 2.94. The molecular weight excluding hydrogens is 156 g/mol. The summed E-state index contributed by atoms with van der Waals surface area (Å²) in [5, 5.41) is 17.8. The van der Waals surface area contributed by atoms with Crippen molar-refractivity contribution in [2.45, 2.75) is 32.3 Å². The molecule has 1 fully saturated rings. The maximum atomic E-state index is 9.39. The van der Waals surface area contributed by atoms with Crippen molar-refractivity contribution in [2.24, 2.45) is 5.41 Å². The van der Waals surface area contributed by atoms with Crippen LogP contribution in [0.15, 0.2) is 0 Å². The first-order chi connectivity index (χ1) is 5.71. The number of aliphatic hydroxyl groups is 2. The molecule has 1 rings (SSSR count). The van der Waals surface area contributed by atoms with Crippen molar-refractivity contribution in [3.8, 4) is 0 Å². The first-order valence-electron chi connectivity index (χ1n) is 4.58. The highest BCUT2D eigenvalue weighted by Crippen LogP contribution is 2.51. The van der Waals surface area contributed by atoms with Crippen LogP contribution in [-0.4, -0.2) is 36.1 Å². The van der Waals surface area contributed by atoms with Crippen molar-refractivity contribution < 1.29 is 14.9 Å². The molecule has 0 bridgehead atoms. The van der Waals surface area contributed by atoms with Gasteiger partial charge in [0, 0.05) is 6.61 Å². The molecule has 0 spiro atoms. The maximum absolute atomic E-state index is 9.39. The number of aliphatic hydroxyl groups excluding tert-OH is 2. The van der Waals surface area contributed by atoms with Crippen molar-refractivity contribution in [3.05, 3.63) is 0 Å². The van der Waals surface area contributed by atoms with Gasteiger partial charge in [-0.1, -0.05) is 0 Å². The van der Waals surface area contributed by atoms with Gasteiger partial charge in [-0.2, -0.15) is 0 Å². The Labute approximate surface area is 73.4 Å². The van der Waals surface area contributed by atoms with Crippen molar-refractivity contribution in [1.82, 2.24) is 0 Å². The molecule has 1 aliphatic rings. The smallest absolute Gasteiger partial charge is 0.0697 e. The lowest BCUT2D eigenvalue weighted by atomic mass is 9.97. The standard InChI is InChI=1S/C9H18O3/c1-8(11)9(2-3-9)4-6-12-7-5-10/h8,10-11H,2-7H2,1H3. The molecule has 3 heteroatoms. The Morgan fingerprint density at radius 1 is 1.42 bits per heavy atom. The second-order valence-electron chi connectivity index (χ2n) is 3.62. The van der Waals surface area contributed by atoms with E-state index in [1.54, 1.807) is 0 Å². The fourth-order valence-corrected chi connectivity index (χ4v) is 1.48. The van der Waals surface area contributed by atoms with E-state index in [1.807, 2.05) is 6.92 Å². The molecule has 0 aromatic carbocycles. The molecule has 1 aliphatic carbocycles. The SMILES string of the molecule is CC(O)C1(CCOCCO)CC1. The maximum Gasteiger partial charge on any atom is 0.0697 e. The molecule has 0 saturated heterocycles. The van der Waals surface area contributed by atoms with Gasteiger partial charge in [-0.25, -0.2) is 0 Å². The predicted molar refractivity (Wildman–Crippen MR) is 45.9 cm³/mol. The first kappa shape index (κ1) is 9.96. The van der Waals surface area contributed by atoms with Crippen LogP contribution < -0.4 is 0 Å². The zero-order chi connectivity index (χ0) is 9.03. The third-order valence-electron chi connectivity index (χ3n) is 2.76. The van der Waals surface area contributed by atoms with E-state index in [4.69, 9.17) is 9.84 Å². The summed E-state index contributed by atoms with van der Waals surface area (Å²) in [5.74, 6) is 0. The van der Waals surface area contributed by atoms with E-state index in [0.717, 1.165) is 19.3 Å². The van der Waals surface area contributed by atoms with Crippen LogP contribution in [-0.2, 0) is 4.74 Å². The van der Waals surface area contributed by atoms with Gasteiger partial charge in [0.15, 0.2) is 0 Å². The third-order valence-corrected chi connectivity index (χ3v) is 2.76. The molecule has 12 heavy (non-hydrogen) atoms. The molecule has 1 atom stereocenters. The first-order valence-corrected chi connectivity index (χ1v) is 4.58. The monoisotopic (exact) mass is 174 g/mol. The molecule has 72 valence electrons. The molecule has 0 amide bonds. The highest BCUT2D eigenvalue weighted by atomic mass is 16.5. The van der Waals surface area contributed by atoms with Crippen LogP contribution in [0.4, 0.5) is 0 Å². The average Bonchev–Trinajstić information content (AvgIpc) is 2.79. The van der Waals surface area contributed by atoms with Gasteiger partial charge in [0.1, 0.15) is 0 Å². The highest BCUT2D eigenvalue weighted by Gasteiger charge is 2.46. The van der Waals surface area contributed by atoms with Gasteiger partial charge in [-0.05, 0) is 31.6 Å². The fourth-order valence-electron chi connectivity index (χ4n) is 1.48. The molecule has 0 aromatic heterocycles. The summed E-state index contributed by atoms with van der Waals surface area (Å²) in [6.45, 7) is 3.00. The Kier molecular flexibility index (Phi) is 3.50. The lowest BCUT2D eigenvalue weighted by Gasteiger charge is -2.17. The van der Waals surface area contributed by atoms with Crippen molar-refractivity contribution >= 4 is 0 Å². The number of ether oxygens (including phenoxy) is 1. The quantitative estimate of drug-likeness (QED) is 0.578. The lowest BCUT2D eigenvalue weighted by Crippen LogP contribution is -2.20. The van der Waals surface area contributed by atoms with Gasteiger partial charge >= 0.3 is 0 Å². The van der Waals surface area contributed by atoms with Gasteiger partial charge in [0.05, 0.1) is 19.3 Å². The lowest BCUT2D eigenvalue weighted by molar-refractivity contribution is 0.0491. The summed E-state index contributed by atoms with van der Waals surface area (Å²) >= 11 is 0. The van der Waals surface area contributed by atoms with Gasteiger partial charge in [-0.15, -0.1) is 0 Å². The highest BCUT2D eigenvalue weighted by molar-refractivity contribution is 4.96. The Hall–Kier alpha value is -0.120. The van der Waals surface area contributed by atoms with Gasteiger partial charge in [0.2, 0.25) is 0 Å². The minimum Gasteiger partial charge on any atom is -0.394 e. The van der Waals surface area contributed by atoms with Gasteiger partial charge < -0.3 is 14.9 Å². The van der Waals surface area contributed by atoms with Crippen molar-refractivity contribution in [1.29, 1.82) is 0 Å². The largest absolute Gasteiger partial charge is 0.394 e. The van der Waals surface area contributed by atoms with E-state index in [2.05, 4.69) is 0 Å². The Balaban J connectivity index is 2.06. The molecule has 1 unspecified atom stereocenters. The average molecular weight is 174 g/mol. The van der Waals surface area contributed by atoms with Crippen LogP contribution in [0.1, 0.15) is 26.2 Å². The van der Waals surface area contributed by atoms with E-state index in [1.165, 1.54) is 0 Å². The second kappa shape index (κ2) is 4.21. The molecule has 0 aliphatic heterocycles. The van der Waals surface area contributed by atoms with E-state index in [-0.39, 0.29) is 18.1 Å². The molecule has 3 nitrogen and oxygen atoms in total. The Morgan fingerprint density at radius 2 is 2.08 bits per heavy atom.